The van der Waals surface area contributed by atoms with Crippen LogP contribution in [0.15, 0.2) is 22.7 Å². The number of halogens is 1. The van der Waals surface area contributed by atoms with Crippen molar-refractivity contribution in [3.05, 3.63) is 28.2 Å². The van der Waals surface area contributed by atoms with Gasteiger partial charge in [0.1, 0.15) is 0 Å². The Morgan fingerprint density at radius 3 is 2.71 bits per heavy atom. The van der Waals surface area contributed by atoms with E-state index < -0.39 is 0 Å². The molecular weight excluding hydrogens is 278 g/mol. The van der Waals surface area contributed by atoms with Crippen LogP contribution in [0.1, 0.15) is 37.0 Å². The molecular formula is C14H18BrNO. The summed E-state index contributed by atoms with van der Waals surface area (Å²) in [6, 6.07) is 5.91. The second-order valence-electron chi connectivity index (χ2n) is 4.70. The number of rotatable bonds is 5. The lowest BCUT2D eigenvalue weighted by Gasteiger charge is -2.25. The number of benzene rings is 1. The summed E-state index contributed by atoms with van der Waals surface area (Å²) in [5, 5.41) is 0. The van der Waals surface area contributed by atoms with E-state index in [1.54, 1.807) is 6.92 Å². The van der Waals surface area contributed by atoms with E-state index in [2.05, 4.69) is 33.8 Å². The van der Waals surface area contributed by atoms with Crippen molar-refractivity contribution >= 4 is 27.4 Å². The maximum absolute atomic E-state index is 11.7. The van der Waals surface area contributed by atoms with Crippen LogP contribution >= 0.6 is 15.9 Å². The standard InChI is InChI=1S/C14H18BrNO/c1-3-16(9-11-4-5-11)14-8-12(15)6-7-13(14)10(2)17/h6-8,11H,3-5,9H2,1-2H3. The average Bonchev–Trinajstić information content (AvgIpc) is 3.09. The molecule has 0 atom stereocenters. The number of carbonyl (C=O) groups is 1. The van der Waals surface area contributed by atoms with Crippen molar-refractivity contribution in [2.24, 2.45) is 5.92 Å². The molecule has 1 aliphatic rings. The van der Waals surface area contributed by atoms with E-state index in [4.69, 9.17) is 0 Å². The molecule has 0 bridgehead atoms. The highest BCUT2D eigenvalue weighted by atomic mass is 79.9. The Labute approximate surface area is 111 Å². The number of hydrogen-bond acceptors (Lipinski definition) is 2. The Morgan fingerprint density at radius 1 is 1.47 bits per heavy atom. The third kappa shape index (κ3) is 3.09. The fraction of sp³-hybridized carbons (Fsp3) is 0.500. The van der Waals surface area contributed by atoms with Crippen LogP contribution in [-0.2, 0) is 0 Å². The van der Waals surface area contributed by atoms with E-state index in [1.165, 1.54) is 12.8 Å². The van der Waals surface area contributed by atoms with Crippen molar-refractivity contribution in [3.8, 4) is 0 Å². The van der Waals surface area contributed by atoms with Crippen LogP contribution in [-0.4, -0.2) is 18.9 Å². The minimum absolute atomic E-state index is 0.141. The number of ketones is 1. The van der Waals surface area contributed by atoms with Gasteiger partial charge >= 0.3 is 0 Å². The van der Waals surface area contributed by atoms with E-state index in [9.17, 15) is 4.79 Å². The van der Waals surface area contributed by atoms with Crippen molar-refractivity contribution in [2.45, 2.75) is 26.7 Å². The van der Waals surface area contributed by atoms with Gasteiger partial charge in [-0.25, -0.2) is 0 Å². The molecule has 1 fully saturated rings. The smallest absolute Gasteiger partial charge is 0.161 e. The summed E-state index contributed by atoms with van der Waals surface area (Å²) in [6.45, 7) is 5.81. The summed E-state index contributed by atoms with van der Waals surface area (Å²) in [5.74, 6) is 0.968. The lowest BCUT2D eigenvalue weighted by molar-refractivity contribution is 0.101. The number of Topliss-reactive ketones (excluding diaryl/α,β-unsaturated/α-hetero) is 1. The molecule has 0 aromatic heterocycles. The van der Waals surface area contributed by atoms with E-state index in [1.807, 2.05) is 12.1 Å². The van der Waals surface area contributed by atoms with Crippen molar-refractivity contribution in [1.82, 2.24) is 0 Å². The van der Waals surface area contributed by atoms with Gasteiger partial charge in [0.2, 0.25) is 0 Å². The minimum atomic E-state index is 0.141. The number of nitrogens with zero attached hydrogens (tertiary/aromatic N) is 1. The van der Waals surface area contributed by atoms with Crippen LogP contribution in [0.3, 0.4) is 0 Å². The van der Waals surface area contributed by atoms with Crippen molar-refractivity contribution < 1.29 is 4.79 Å². The summed E-state index contributed by atoms with van der Waals surface area (Å²) < 4.78 is 1.03. The van der Waals surface area contributed by atoms with Crippen LogP contribution < -0.4 is 4.90 Å². The summed E-state index contributed by atoms with van der Waals surface area (Å²) in [4.78, 5) is 14.0. The molecule has 0 aliphatic heterocycles. The van der Waals surface area contributed by atoms with E-state index >= 15 is 0 Å². The molecule has 0 saturated heterocycles. The van der Waals surface area contributed by atoms with Gasteiger partial charge in [0.15, 0.2) is 5.78 Å². The van der Waals surface area contributed by atoms with Gasteiger partial charge in [-0.2, -0.15) is 0 Å². The molecule has 2 rings (SSSR count). The van der Waals surface area contributed by atoms with Crippen LogP contribution in [0.2, 0.25) is 0 Å². The van der Waals surface area contributed by atoms with E-state index in [0.717, 1.165) is 34.7 Å². The topological polar surface area (TPSA) is 20.3 Å². The minimum Gasteiger partial charge on any atom is -0.371 e. The predicted molar refractivity (Wildman–Crippen MR) is 74.8 cm³/mol. The summed E-state index contributed by atoms with van der Waals surface area (Å²) >= 11 is 3.49. The first-order valence-corrected chi connectivity index (χ1v) is 6.96. The van der Waals surface area contributed by atoms with Gasteiger partial charge < -0.3 is 4.90 Å². The number of hydrogen-bond donors (Lipinski definition) is 0. The predicted octanol–water partition coefficient (Wildman–Crippen LogP) is 3.89. The zero-order chi connectivity index (χ0) is 12.4. The molecule has 0 amide bonds. The summed E-state index contributed by atoms with van der Waals surface area (Å²) in [6.07, 6.45) is 2.67. The number of carbonyl (C=O) groups excluding carboxylic acids is 1. The maximum atomic E-state index is 11.7. The lowest BCUT2D eigenvalue weighted by atomic mass is 10.1. The normalized spacial score (nSPS) is 14.8. The zero-order valence-electron chi connectivity index (χ0n) is 10.4. The molecule has 92 valence electrons. The van der Waals surface area contributed by atoms with Crippen LogP contribution in [0.4, 0.5) is 5.69 Å². The third-order valence-electron chi connectivity index (χ3n) is 3.24. The highest BCUT2D eigenvalue weighted by Gasteiger charge is 2.25. The molecule has 3 heteroatoms. The monoisotopic (exact) mass is 295 g/mol. The first-order valence-electron chi connectivity index (χ1n) is 6.17. The maximum Gasteiger partial charge on any atom is 0.161 e. The van der Waals surface area contributed by atoms with Gasteiger partial charge in [-0.05, 0) is 50.8 Å². The molecule has 1 aromatic rings. The molecule has 1 saturated carbocycles. The zero-order valence-corrected chi connectivity index (χ0v) is 12.0. The molecule has 0 radical (unpaired) electrons. The van der Waals surface area contributed by atoms with Gasteiger partial charge in [0.05, 0.1) is 0 Å². The van der Waals surface area contributed by atoms with Gasteiger partial charge in [-0.3, -0.25) is 4.79 Å². The highest BCUT2D eigenvalue weighted by molar-refractivity contribution is 9.10. The lowest BCUT2D eigenvalue weighted by Crippen LogP contribution is -2.26. The van der Waals surface area contributed by atoms with Gasteiger partial charge in [-0.1, -0.05) is 15.9 Å². The van der Waals surface area contributed by atoms with Gasteiger partial charge in [0.25, 0.3) is 0 Å². The molecule has 2 nitrogen and oxygen atoms in total. The second kappa shape index (κ2) is 5.21. The molecule has 0 N–H and O–H groups in total. The molecule has 17 heavy (non-hydrogen) atoms. The Morgan fingerprint density at radius 2 is 2.18 bits per heavy atom. The summed E-state index contributed by atoms with van der Waals surface area (Å²) in [5.41, 5.74) is 1.90. The largest absolute Gasteiger partial charge is 0.371 e. The van der Waals surface area contributed by atoms with E-state index in [-0.39, 0.29) is 5.78 Å². The van der Waals surface area contributed by atoms with Crippen LogP contribution in [0, 0.1) is 5.92 Å². The van der Waals surface area contributed by atoms with Crippen LogP contribution in [0.25, 0.3) is 0 Å². The fourth-order valence-electron chi connectivity index (χ4n) is 2.07. The van der Waals surface area contributed by atoms with Gasteiger partial charge in [-0.15, -0.1) is 0 Å². The van der Waals surface area contributed by atoms with Crippen LogP contribution in [0.5, 0.6) is 0 Å². The molecule has 0 unspecified atom stereocenters. The van der Waals surface area contributed by atoms with Crippen molar-refractivity contribution in [3.63, 3.8) is 0 Å². The Balaban J connectivity index is 2.31. The highest BCUT2D eigenvalue weighted by Crippen LogP contribution is 2.33. The first-order chi connectivity index (χ1) is 8.11. The Bertz CT molecular complexity index is 426. The SMILES string of the molecule is CCN(CC1CC1)c1cc(Br)ccc1C(C)=O. The van der Waals surface area contributed by atoms with Crippen molar-refractivity contribution in [2.75, 3.05) is 18.0 Å². The first kappa shape index (κ1) is 12.6. The average molecular weight is 296 g/mol. The molecule has 1 aliphatic carbocycles. The Kier molecular flexibility index (Phi) is 3.87. The molecule has 0 heterocycles. The second-order valence-corrected chi connectivity index (χ2v) is 5.62. The fourth-order valence-corrected chi connectivity index (χ4v) is 2.42. The Hall–Kier alpha value is -0.830. The molecule has 1 aromatic carbocycles. The summed E-state index contributed by atoms with van der Waals surface area (Å²) in [7, 11) is 0. The number of anilines is 1. The molecule has 0 spiro atoms. The van der Waals surface area contributed by atoms with Gasteiger partial charge in [0, 0.05) is 28.8 Å². The van der Waals surface area contributed by atoms with Crippen molar-refractivity contribution in [1.29, 1.82) is 0 Å². The third-order valence-corrected chi connectivity index (χ3v) is 3.73. The quantitative estimate of drug-likeness (QED) is 0.768. The van der Waals surface area contributed by atoms with E-state index in [0.29, 0.717) is 0 Å².